The summed E-state index contributed by atoms with van der Waals surface area (Å²) in [6, 6.07) is 15.0. The van der Waals surface area contributed by atoms with Crippen LogP contribution in [0.2, 0.25) is 0 Å². The highest BCUT2D eigenvalue weighted by Gasteiger charge is 2.13. The topological polar surface area (TPSA) is 61.3 Å². The third-order valence-electron chi connectivity index (χ3n) is 3.90. The zero-order chi connectivity index (χ0) is 17.4. The maximum Gasteiger partial charge on any atom is 0.350 e. The number of halogens is 1. The fraction of sp³-hybridized carbons (Fsp3) is 0.0556. The zero-order valence-electron chi connectivity index (χ0n) is 13.0. The fourth-order valence-electron chi connectivity index (χ4n) is 2.71. The van der Waals surface area contributed by atoms with Crippen molar-refractivity contribution in [3.05, 3.63) is 99.2 Å². The van der Waals surface area contributed by atoms with Crippen LogP contribution in [0.25, 0.3) is 11.3 Å². The van der Waals surface area contributed by atoms with E-state index in [2.05, 4.69) is 5.10 Å². The van der Waals surface area contributed by atoms with E-state index in [-0.39, 0.29) is 18.0 Å². The first-order valence-electron chi connectivity index (χ1n) is 7.64. The summed E-state index contributed by atoms with van der Waals surface area (Å²) in [7, 11) is 0. The molecule has 25 heavy (non-hydrogen) atoms. The minimum atomic E-state index is -0.448. The third-order valence-corrected chi connectivity index (χ3v) is 3.90. The normalized spacial score (nSPS) is 11.1. The molecule has 0 spiro atoms. The van der Waals surface area contributed by atoms with Crippen LogP contribution in [0.15, 0.2) is 76.6 Å². The van der Waals surface area contributed by atoms with E-state index in [1.807, 2.05) is 18.2 Å². The molecule has 0 aliphatic rings. The van der Waals surface area contributed by atoms with Gasteiger partial charge < -0.3 is 0 Å². The molecule has 4 rings (SSSR count). The van der Waals surface area contributed by atoms with Gasteiger partial charge in [-0.3, -0.25) is 9.36 Å². The average Bonchev–Trinajstić information content (AvgIpc) is 2.93. The lowest BCUT2D eigenvalue weighted by molar-refractivity contribution is 0.615. The van der Waals surface area contributed by atoms with Crippen LogP contribution >= 0.6 is 0 Å². The van der Waals surface area contributed by atoms with Gasteiger partial charge in [-0.2, -0.15) is 0 Å². The fourth-order valence-corrected chi connectivity index (χ4v) is 2.71. The number of hydrogen-bond acceptors (Lipinski definition) is 3. The summed E-state index contributed by atoms with van der Waals surface area (Å²) in [6.45, 7) is 0.0864. The number of para-hydroxylation sites is 1. The summed E-state index contributed by atoms with van der Waals surface area (Å²) in [6.07, 6.45) is 3.03. The maximum absolute atomic E-state index is 13.3. The van der Waals surface area contributed by atoms with E-state index in [1.54, 1.807) is 24.3 Å². The van der Waals surface area contributed by atoms with E-state index in [0.29, 0.717) is 11.3 Å². The Bertz CT molecular complexity index is 1180. The Labute approximate surface area is 141 Å². The molecule has 4 aromatic rings. The summed E-state index contributed by atoms with van der Waals surface area (Å²) >= 11 is 0. The van der Waals surface area contributed by atoms with Gasteiger partial charge in [-0.25, -0.2) is 18.3 Å². The van der Waals surface area contributed by atoms with Crippen LogP contribution in [0.5, 0.6) is 0 Å². The number of nitrogens with zero attached hydrogens (tertiary/aromatic N) is 4. The van der Waals surface area contributed by atoms with Gasteiger partial charge in [-0.1, -0.05) is 30.3 Å². The lowest BCUT2D eigenvalue weighted by Crippen LogP contribution is -2.24. The Morgan fingerprint density at radius 1 is 0.960 bits per heavy atom. The standard InChI is InChI=1S/C18H13FN4O2/c19-14-6-4-5-13(11-14)12-23-18(25)22-10-9-21(17(24)16(22)20-23)15-7-2-1-3-8-15/h1-11H,12H2. The molecule has 0 saturated carbocycles. The summed E-state index contributed by atoms with van der Waals surface area (Å²) in [5, 5.41) is 4.13. The van der Waals surface area contributed by atoms with Crippen LogP contribution in [0.3, 0.4) is 0 Å². The molecule has 0 amide bonds. The van der Waals surface area contributed by atoms with Crippen LogP contribution in [-0.2, 0) is 6.54 Å². The van der Waals surface area contributed by atoms with Crippen LogP contribution in [-0.4, -0.2) is 18.7 Å². The van der Waals surface area contributed by atoms with Gasteiger partial charge in [-0.15, -0.1) is 5.10 Å². The van der Waals surface area contributed by atoms with Crippen molar-refractivity contribution in [2.24, 2.45) is 0 Å². The molecule has 7 heteroatoms. The quantitative estimate of drug-likeness (QED) is 0.573. The monoisotopic (exact) mass is 336 g/mol. The van der Waals surface area contributed by atoms with Crippen molar-refractivity contribution in [3.63, 3.8) is 0 Å². The highest BCUT2D eigenvalue weighted by molar-refractivity contribution is 5.39. The molecule has 0 bridgehead atoms. The van der Waals surface area contributed by atoms with Gasteiger partial charge in [0.05, 0.1) is 6.54 Å². The van der Waals surface area contributed by atoms with E-state index in [0.717, 1.165) is 4.68 Å². The number of hydrogen-bond donors (Lipinski definition) is 0. The molecule has 0 saturated heterocycles. The smallest absolute Gasteiger partial charge is 0.280 e. The molecule has 0 aliphatic heterocycles. The minimum absolute atomic E-state index is 0.0211. The van der Waals surface area contributed by atoms with Crippen LogP contribution in [0, 0.1) is 5.82 Å². The molecule has 0 atom stereocenters. The van der Waals surface area contributed by atoms with E-state index < -0.39 is 11.2 Å². The molecule has 0 N–H and O–H groups in total. The highest BCUT2D eigenvalue weighted by atomic mass is 19.1. The summed E-state index contributed by atoms with van der Waals surface area (Å²) in [5.41, 5.74) is 0.448. The Kier molecular flexibility index (Phi) is 3.53. The van der Waals surface area contributed by atoms with Crippen LogP contribution in [0.1, 0.15) is 5.56 Å². The lowest BCUT2D eigenvalue weighted by atomic mass is 10.2. The second-order valence-electron chi connectivity index (χ2n) is 5.57. The first-order chi connectivity index (χ1) is 12.1. The van der Waals surface area contributed by atoms with Gasteiger partial charge in [0.15, 0.2) is 0 Å². The third kappa shape index (κ3) is 2.65. The minimum Gasteiger partial charge on any atom is -0.280 e. The molecule has 2 aromatic heterocycles. The van der Waals surface area contributed by atoms with Gasteiger partial charge in [-0.05, 0) is 29.8 Å². The molecule has 124 valence electrons. The highest BCUT2D eigenvalue weighted by Crippen LogP contribution is 2.06. The number of aromatic nitrogens is 4. The molecular formula is C18H13FN4O2. The van der Waals surface area contributed by atoms with Gasteiger partial charge in [0.1, 0.15) is 5.82 Å². The Hall–Kier alpha value is -3.48. The molecule has 0 radical (unpaired) electrons. The van der Waals surface area contributed by atoms with Crippen LogP contribution < -0.4 is 11.2 Å². The van der Waals surface area contributed by atoms with Crippen molar-refractivity contribution in [2.75, 3.05) is 0 Å². The SMILES string of the molecule is O=c1c2nn(Cc3cccc(F)c3)c(=O)n2ccn1-c1ccccc1. The Morgan fingerprint density at radius 2 is 1.76 bits per heavy atom. The van der Waals surface area contributed by atoms with E-state index >= 15 is 0 Å². The van der Waals surface area contributed by atoms with Crippen molar-refractivity contribution in [1.29, 1.82) is 0 Å². The number of fused-ring (bicyclic) bond motifs is 1. The van der Waals surface area contributed by atoms with Crippen molar-refractivity contribution in [1.82, 2.24) is 18.7 Å². The summed E-state index contributed by atoms with van der Waals surface area (Å²) in [5.74, 6) is -0.388. The molecule has 0 unspecified atom stereocenters. The molecule has 6 nitrogen and oxygen atoms in total. The zero-order valence-corrected chi connectivity index (χ0v) is 13.0. The summed E-state index contributed by atoms with van der Waals surface area (Å²) < 4.78 is 17.1. The van der Waals surface area contributed by atoms with E-state index in [9.17, 15) is 14.0 Å². The molecular weight excluding hydrogens is 323 g/mol. The molecule has 2 aromatic carbocycles. The van der Waals surface area contributed by atoms with Gasteiger partial charge in [0.2, 0.25) is 5.65 Å². The van der Waals surface area contributed by atoms with E-state index in [4.69, 9.17) is 0 Å². The second-order valence-corrected chi connectivity index (χ2v) is 5.57. The van der Waals surface area contributed by atoms with Crippen molar-refractivity contribution in [3.8, 4) is 5.69 Å². The van der Waals surface area contributed by atoms with E-state index in [1.165, 1.54) is 33.5 Å². The Balaban J connectivity index is 1.84. The first-order valence-corrected chi connectivity index (χ1v) is 7.64. The van der Waals surface area contributed by atoms with Gasteiger partial charge >= 0.3 is 11.2 Å². The first kappa shape index (κ1) is 15.1. The Morgan fingerprint density at radius 3 is 2.52 bits per heavy atom. The number of rotatable bonds is 3. The van der Waals surface area contributed by atoms with Crippen LogP contribution in [0.4, 0.5) is 4.39 Å². The lowest BCUT2D eigenvalue weighted by Gasteiger charge is -2.04. The molecule has 0 fully saturated rings. The van der Waals surface area contributed by atoms with Gasteiger partial charge in [0, 0.05) is 18.1 Å². The van der Waals surface area contributed by atoms with Crippen molar-refractivity contribution in [2.45, 2.75) is 6.54 Å². The maximum atomic E-state index is 13.3. The summed E-state index contributed by atoms with van der Waals surface area (Å²) in [4.78, 5) is 25.1. The molecule has 2 heterocycles. The second kappa shape index (κ2) is 5.86. The predicted octanol–water partition coefficient (Wildman–Crippen LogP) is 1.83. The average molecular weight is 336 g/mol. The largest absolute Gasteiger partial charge is 0.350 e. The predicted molar refractivity (Wildman–Crippen MR) is 90.6 cm³/mol. The van der Waals surface area contributed by atoms with Crippen molar-refractivity contribution >= 4 is 5.65 Å². The number of benzene rings is 2. The van der Waals surface area contributed by atoms with Gasteiger partial charge in [0.25, 0.3) is 0 Å². The van der Waals surface area contributed by atoms with Crippen molar-refractivity contribution < 1.29 is 4.39 Å². The molecule has 0 aliphatic carbocycles.